The summed E-state index contributed by atoms with van der Waals surface area (Å²) < 4.78 is 0. The van der Waals surface area contributed by atoms with E-state index < -0.39 is 12.0 Å². The van der Waals surface area contributed by atoms with Gasteiger partial charge in [-0.15, -0.1) is 0 Å². The van der Waals surface area contributed by atoms with Gasteiger partial charge in [0.05, 0.1) is 5.92 Å². The van der Waals surface area contributed by atoms with E-state index in [1.165, 1.54) is 0 Å². The van der Waals surface area contributed by atoms with Gasteiger partial charge in [-0.2, -0.15) is 0 Å². The van der Waals surface area contributed by atoms with Crippen LogP contribution in [0.15, 0.2) is 0 Å². The SMILES string of the molecule is CCC(C)[C@H](NC(=O)C(CN)CC(C)(C)C)C(=O)O. The van der Waals surface area contributed by atoms with Gasteiger partial charge in [0.25, 0.3) is 0 Å². The molecule has 19 heavy (non-hydrogen) atoms. The summed E-state index contributed by atoms with van der Waals surface area (Å²) in [5.74, 6) is -1.69. The number of carbonyl (C=O) groups is 2. The van der Waals surface area contributed by atoms with Gasteiger partial charge in [-0.05, 0) is 17.8 Å². The second-order valence-corrected chi connectivity index (χ2v) is 6.41. The molecule has 1 amide bonds. The van der Waals surface area contributed by atoms with E-state index in [1.807, 2.05) is 34.6 Å². The maximum atomic E-state index is 12.1. The van der Waals surface area contributed by atoms with Crippen LogP contribution in [0.25, 0.3) is 0 Å². The molecule has 5 heteroatoms. The normalized spacial score (nSPS) is 16.5. The van der Waals surface area contributed by atoms with E-state index in [1.54, 1.807) is 0 Å². The average Bonchev–Trinajstić information content (AvgIpc) is 2.30. The second-order valence-electron chi connectivity index (χ2n) is 6.41. The number of aliphatic carboxylic acids is 1. The van der Waals surface area contributed by atoms with Gasteiger partial charge >= 0.3 is 5.97 Å². The molecule has 0 rings (SSSR count). The Morgan fingerprint density at radius 2 is 1.84 bits per heavy atom. The van der Waals surface area contributed by atoms with Crippen LogP contribution < -0.4 is 11.1 Å². The first-order valence-corrected chi connectivity index (χ1v) is 6.85. The Balaban J connectivity index is 4.74. The first-order valence-electron chi connectivity index (χ1n) is 6.85. The molecule has 0 aliphatic rings. The van der Waals surface area contributed by atoms with Crippen molar-refractivity contribution in [1.82, 2.24) is 5.32 Å². The molecule has 0 aromatic heterocycles. The highest BCUT2D eigenvalue weighted by atomic mass is 16.4. The fourth-order valence-corrected chi connectivity index (χ4v) is 1.98. The number of hydrogen-bond acceptors (Lipinski definition) is 3. The van der Waals surface area contributed by atoms with Crippen molar-refractivity contribution in [3.63, 3.8) is 0 Å². The second kappa shape index (κ2) is 7.48. The monoisotopic (exact) mass is 272 g/mol. The highest BCUT2D eigenvalue weighted by molar-refractivity contribution is 5.85. The minimum atomic E-state index is -0.991. The lowest BCUT2D eigenvalue weighted by Crippen LogP contribution is -2.48. The van der Waals surface area contributed by atoms with Crippen molar-refractivity contribution in [2.75, 3.05) is 6.54 Å². The molecular weight excluding hydrogens is 244 g/mol. The molecule has 0 aliphatic heterocycles. The maximum absolute atomic E-state index is 12.1. The largest absolute Gasteiger partial charge is 0.480 e. The highest BCUT2D eigenvalue weighted by Gasteiger charge is 2.30. The number of nitrogens with two attached hydrogens (primary N) is 1. The number of hydrogen-bond donors (Lipinski definition) is 3. The van der Waals surface area contributed by atoms with Crippen molar-refractivity contribution in [2.24, 2.45) is 23.0 Å². The molecule has 0 aliphatic carbocycles. The van der Waals surface area contributed by atoms with E-state index in [0.717, 1.165) is 0 Å². The summed E-state index contributed by atoms with van der Waals surface area (Å²) in [4.78, 5) is 23.3. The Kier molecular flexibility index (Phi) is 7.05. The van der Waals surface area contributed by atoms with E-state index in [-0.39, 0.29) is 29.7 Å². The van der Waals surface area contributed by atoms with Gasteiger partial charge in [0.1, 0.15) is 6.04 Å². The van der Waals surface area contributed by atoms with E-state index in [9.17, 15) is 9.59 Å². The van der Waals surface area contributed by atoms with E-state index in [4.69, 9.17) is 10.8 Å². The van der Waals surface area contributed by atoms with E-state index in [2.05, 4.69) is 5.32 Å². The number of amides is 1. The molecule has 0 aromatic carbocycles. The molecule has 4 N–H and O–H groups in total. The number of nitrogens with one attached hydrogen (secondary N) is 1. The smallest absolute Gasteiger partial charge is 0.326 e. The topological polar surface area (TPSA) is 92.4 Å². The van der Waals surface area contributed by atoms with Crippen molar-refractivity contribution >= 4 is 11.9 Å². The van der Waals surface area contributed by atoms with Gasteiger partial charge in [0.15, 0.2) is 0 Å². The van der Waals surface area contributed by atoms with Crippen LogP contribution in [0.3, 0.4) is 0 Å². The maximum Gasteiger partial charge on any atom is 0.326 e. The molecule has 2 unspecified atom stereocenters. The summed E-state index contributed by atoms with van der Waals surface area (Å²) >= 11 is 0. The molecule has 0 heterocycles. The number of rotatable bonds is 7. The predicted molar refractivity (Wildman–Crippen MR) is 75.6 cm³/mol. The van der Waals surface area contributed by atoms with Crippen molar-refractivity contribution in [2.45, 2.75) is 53.5 Å². The summed E-state index contributed by atoms with van der Waals surface area (Å²) in [6.45, 7) is 10.1. The lowest BCUT2D eigenvalue weighted by molar-refractivity contribution is -0.144. The lowest BCUT2D eigenvalue weighted by Gasteiger charge is -2.27. The number of carbonyl (C=O) groups excluding carboxylic acids is 1. The van der Waals surface area contributed by atoms with Gasteiger partial charge < -0.3 is 16.2 Å². The first kappa shape index (κ1) is 17.9. The lowest BCUT2D eigenvalue weighted by atomic mass is 9.84. The summed E-state index contributed by atoms with van der Waals surface area (Å²) in [5.41, 5.74) is 5.62. The zero-order valence-corrected chi connectivity index (χ0v) is 12.7. The van der Waals surface area contributed by atoms with Crippen LogP contribution in [0, 0.1) is 17.3 Å². The van der Waals surface area contributed by atoms with Crippen molar-refractivity contribution < 1.29 is 14.7 Å². The van der Waals surface area contributed by atoms with Gasteiger partial charge in [-0.1, -0.05) is 41.0 Å². The van der Waals surface area contributed by atoms with Gasteiger partial charge in [-0.25, -0.2) is 4.79 Å². The standard InChI is InChI=1S/C14H28N2O3/c1-6-9(2)11(13(18)19)16-12(17)10(8-15)7-14(3,4)5/h9-11H,6-8,15H2,1-5H3,(H,16,17)(H,18,19)/t9?,10?,11-/m0/s1. The summed E-state index contributed by atoms with van der Waals surface area (Å²) in [7, 11) is 0. The first-order chi connectivity index (χ1) is 8.62. The van der Waals surface area contributed by atoms with Gasteiger partial charge in [0.2, 0.25) is 5.91 Å². The fraction of sp³-hybridized carbons (Fsp3) is 0.857. The zero-order valence-electron chi connectivity index (χ0n) is 12.7. The Morgan fingerprint density at radius 1 is 1.32 bits per heavy atom. The molecule has 0 radical (unpaired) electrons. The minimum Gasteiger partial charge on any atom is -0.480 e. The molecule has 0 saturated carbocycles. The molecular formula is C14H28N2O3. The molecule has 0 saturated heterocycles. The molecule has 112 valence electrons. The Bertz CT molecular complexity index is 310. The molecule has 0 spiro atoms. The van der Waals surface area contributed by atoms with Crippen LogP contribution in [-0.2, 0) is 9.59 Å². The third-order valence-electron chi connectivity index (χ3n) is 3.29. The highest BCUT2D eigenvalue weighted by Crippen LogP contribution is 2.24. The average molecular weight is 272 g/mol. The third kappa shape index (κ3) is 6.57. The van der Waals surface area contributed by atoms with Gasteiger partial charge in [-0.3, -0.25) is 4.79 Å². The zero-order chi connectivity index (χ0) is 15.2. The van der Waals surface area contributed by atoms with Crippen LogP contribution in [0.2, 0.25) is 0 Å². The summed E-state index contributed by atoms with van der Waals surface area (Å²) in [5, 5.41) is 11.8. The molecule has 0 fully saturated rings. The van der Waals surface area contributed by atoms with Crippen LogP contribution in [0.5, 0.6) is 0 Å². The number of carboxylic acids is 1. The van der Waals surface area contributed by atoms with Crippen molar-refractivity contribution in [1.29, 1.82) is 0 Å². The van der Waals surface area contributed by atoms with Crippen LogP contribution in [0.4, 0.5) is 0 Å². The third-order valence-corrected chi connectivity index (χ3v) is 3.29. The molecule has 0 aromatic rings. The van der Waals surface area contributed by atoms with Crippen LogP contribution in [-0.4, -0.2) is 29.6 Å². The van der Waals surface area contributed by atoms with Crippen LogP contribution in [0.1, 0.15) is 47.5 Å². The Labute approximate surface area is 115 Å². The quantitative estimate of drug-likeness (QED) is 0.656. The summed E-state index contributed by atoms with van der Waals surface area (Å²) in [6.07, 6.45) is 1.34. The van der Waals surface area contributed by atoms with Crippen molar-refractivity contribution in [3.8, 4) is 0 Å². The fourth-order valence-electron chi connectivity index (χ4n) is 1.98. The minimum absolute atomic E-state index is 0.0174. The molecule has 0 bridgehead atoms. The van der Waals surface area contributed by atoms with Gasteiger partial charge in [0, 0.05) is 6.54 Å². The molecule has 5 nitrogen and oxygen atoms in total. The Morgan fingerprint density at radius 3 is 2.16 bits per heavy atom. The van der Waals surface area contributed by atoms with Crippen molar-refractivity contribution in [3.05, 3.63) is 0 Å². The predicted octanol–water partition coefficient (Wildman–Crippen LogP) is 1.61. The van der Waals surface area contributed by atoms with E-state index in [0.29, 0.717) is 12.8 Å². The molecule has 3 atom stereocenters. The number of carboxylic acid groups (broad SMARTS) is 1. The van der Waals surface area contributed by atoms with Crippen LogP contribution >= 0.6 is 0 Å². The Hall–Kier alpha value is -1.10. The van der Waals surface area contributed by atoms with E-state index >= 15 is 0 Å². The summed E-state index contributed by atoms with van der Waals surface area (Å²) in [6, 6.07) is -0.841.